The highest BCUT2D eigenvalue weighted by Gasteiger charge is 2.08. The van der Waals surface area contributed by atoms with Crippen molar-refractivity contribution >= 4 is 16.7 Å². The zero-order chi connectivity index (χ0) is 16.8. The van der Waals surface area contributed by atoms with Crippen molar-refractivity contribution in [3.05, 3.63) is 54.6 Å². The lowest BCUT2D eigenvalue weighted by Crippen LogP contribution is -3.00. The molecule has 2 aromatic carbocycles. The topological polar surface area (TPSA) is 47.0 Å². The molecule has 0 aliphatic rings. The molecule has 0 unspecified atom stereocenters. The molecule has 0 spiro atoms. The Kier molecular flexibility index (Phi) is 7.16. The number of nitrogens with one attached hydrogen (secondary N) is 1. The van der Waals surface area contributed by atoms with Crippen LogP contribution in [0.2, 0.25) is 0 Å². The molecular formula is C20H23ClN3O-. The third-order valence-corrected chi connectivity index (χ3v) is 3.70. The number of aromatic nitrogens is 2. The summed E-state index contributed by atoms with van der Waals surface area (Å²) in [5.41, 5.74) is 1.97. The Morgan fingerprint density at radius 3 is 2.44 bits per heavy atom. The number of nitrogens with zero attached hydrogens (tertiary/aromatic N) is 2. The SMILES string of the molecule is CC(C)OCCCNc1nc(-c2ccccc2)nc2ccccc12.[Cl-]. The van der Waals surface area contributed by atoms with Gasteiger partial charge in [0.15, 0.2) is 5.82 Å². The Morgan fingerprint density at radius 2 is 1.68 bits per heavy atom. The number of anilines is 1. The van der Waals surface area contributed by atoms with Crippen molar-refractivity contribution in [3.8, 4) is 11.4 Å². The van der Waals surface area contributed by atoms with Crippen LogP contribution >= 0.6 is 0 Å². The summed E-state index contributed by atoms with van der Waals surface area (Å²) >= 11 is 0. The number of fused-ring (bicyclic) bond motifs is 1. The molecule has 4 nitrogen and oxygen atoms in total. The maximum Gasteiger partial charge on any atom is 0.162 e. The molecule has 0 atom stereocenters. The van der Waals surface area contributed by atoms with E-state index >= 15 is 0 Å². The van der Waals surface area contributed by atoms with Crippen LogP contribution in [0.3, 0.4) is 0 Å². The predicted octanol–water partition coefficient (Wildman–Crippen LogP) is 1.53. The van der Waals surface area contributed by atoms with Gasteiger partial charge in [-0.05, 0) is 32.4 Å². The fourth-order valence-corrected chi connectivity index (χ4v) is 2.53. The Labute approximate surface area is 155 Å². The lowest BCUT2D eigenvalue weighted by atomic mass is 10.2. The molecule has 1 heterocycles. The number of benzene rings is 2. The van der Waals surface area contributed by atoms with Crippen LogP contribution in [0.4, 0.5) is 5.82 Å². The Hall–Kier alpha value is -2.17. The van der Waals surface area contributed by atoms with Crippen LogP contribution in [0.25, 0.3) is 22.3 Å². The lowest BCUT2D eigenvalue weighted by molar-refractivity contribution is -0.00000775. The second-order valence-corrected chi connectivity index (χ2v) is 5.98. The molecule has 3 aromatic rings. The Balaban J connectivity index is 0.00000225. The van der Waals surface area contributed by atoms with E-state index in [0.717, 1.165) is 47.7 Å². The van der Waals surface area contributed by atoms with Gasteiger partial charge < -0.3 is 22.5 Å². The number of para-hydroxylation sites is 1. The fourth-order valence-electron chi connectivity index (χ4n) is 2.53. The molecule has 1 aromatic heterocycles. The molecular weight excluding hydrogens is 334 g/mol. The third-order valence-electron chi connectivity index (χ3n) is 3.70. The van der Waals surface area contributed by atoms with E-state index in [9.17, 15) is 0 Å². The summed E-state index contributed by atoms with van der Waals surface area (Å²) in [5.74, 6) is 1.62. The Bertz CT molecular complexity index is 793. The van der Waals surface area contributed by atoms with E-state index in [1.807, 2.05) is 48.5 Å². The zero-order valence-electron chi connectivity index (χ0n) is 14.6. The average molecular weight is 357 g/mol. The highest BCUT2D eigenvalue weighted by molar-refractivity contribution is 5.90. The van der Waals surface area contributed by atoms with E-state index in [-0.39, 0.29) is 18.5 Å². The molecule has 0 radical (unpaired) electrons. The van der Waals surface area contributed by atoms with Crippen LogP contribution in [0.5, 0.6) is 0 Å². The highest BCUT2D eigenvalue weighted by atomic mass is 35.5. The average Bonchev–Trinajstić information content (AvgIpc) is 2.61. The summed E-state index contributed by atoms with van der Waals surface area (Å²) < 4.78 is 5.59. The molecule has 1 N–H and O–H groups in total. The monoisotopic (exact) mass is 356 g/mol. The van der Waals surface area contributed by atoms with E-state index in [1.54, 1.807) is 0 Å². The standard InChI is InChI=1S/C20H23N3O.ClH/c1-15(2)24-14-8-13-21-20-17-11-6-7-12-18(17)22-19(23-20)16-9-4-3-5-10-16;/h3-7,9-12,15H,8,13-14H2,1-2H3,(H,21,22,23);1H/p-1. The molecule has 3 rings (SSSR count). The van der Waals surface area contributed by atoms with Crippen molar-refractivity contribution in [2.24, 2.45) is 0 Å². The van der Waals surface area contributed by atoms with Crippen molar-refractivity contribution in [1.82, 2.24) is 9.97 Å². The molecule has 25 heavy (non-hydrogen) atoms. The van der Waals surface area contributed by atoms with Gasteiger partial charge >= 0.3 is 0 Å². The predicted molar refractivity (Wildman–Crippen MR) is 99.2 cm³/mol. The second-order valence-electron chi connectivity index (χ2n) is 5.98. The summed E-state index contributed by atoms with van der Waals surface area (Å²) in [7, 11) is 0. The van der Waals surface area contributed by atoms with Gasteiger partial charge in [0.2, 0.25) is 0 Å². The molecule has 0 saturated heterocycles. The van der Waals surface area contributed by atoms with Crippen molar-refractivity contribution in [2.45, 2.75) is 26.4 Å². The largest absolute Gasteiger partial charge is 1.00 e. The molecule has 0 saturated carbocycles. The maximum absolute atomic E-state index is 5.59. The van der Waals surface area contributed by atoms with E-state index < -0.39 is 0 Å². The van der Waals surface area contributed by atoms with Crippen LogP contribution in [-0.2, 0) is 4.74 Å². The van der Waals surface area contributed by atoms with Crippen LogP contribution < -0.4 is 17.7 Å². The first-order chi connectivity index (χ1) is 11.7. The van der Waals surface area contributed by atoms with Gasteiger partial charge in [-0.15, -0.1) is 0 Å². The number of rotatable bonds is 7. The van der Waals surface area contributed by atoms with E-state index in [0.29, 0.717) is 0 Å². The summed E-state index contributed by atoms with van der Waals surface area (Å²) in [6.07, 6.45) is 1.21. The third kappa shape index (κ3) is 5.15. The van der Waals surface area contributed by atoms with E-state index in [4.69, 9.17) is 14.7 Å². The lowest BCUT2D eigenvalue weighted by Gasteiger charge is -2.12. The number of hydrogen-bond donors (Lipinski definition) is 1. The first-order valence-corrected chi connectivity index (χ1v) is 8.42. The normalized spacial score (nSPS) is 10.7. The molecule has 0 aliphatic carbocycles. The minimum Gasteiger partial charge on any atom is -1.00 e. The quantitative estimate of drug-likeness (QED) is 0.652. The number of halogens is 1. The molecule has 0 aliphatic heterocycles. The number of hydrogen-bond acceptors (Lipinski definition) is 4. The van der Waals surface area contributed by atoms with Gasteiger partial charge in [0.25, 0.3) is 0 Å². The smallest absolute Gasteiger partial charge is 0.162 e. The summed E-state index contributed by atoms with van der Waals surface area (Å²) in [6.45, 7) is 5.68. The van der Waals surface area contributed by atoms with Gasteiger partial charge in [0.1, 0.15) is 5.82 Å². The van der Waals surface area contributed by atoms with Gasteiger partial charge in [0, 0.05) is 24.1 Å². The van der Waals surface area contributed by atoms with E-state index in [2.05, 4.69) is 25.2 Å². The first kappa shape index (κ1) is 19.2. The van der Waals surface area contributed by atoms with Gasteiger partial charge in [-0.2, -0.15) is 0 Å². The van der Waals surface area contributed by atoms with Gasteiger partial charge in [-0.1, -0.05) is 42.5 Å². The minimum atomic E-state index is 0. The van der Waals surface area contributed by atoms with Crippen LogP contribution in [0.1, 0.15) is 20.3 Å². The van der Waals surface area contributed by atoms with Gasteiger partial charge in [-0.25, -0.2) is 9.97 Å². The molecule has 0 bridgehead atoms. The molecule has 0 fully saturated rings. The Morgan fingerprint density at radius 1 is 0.960 bits per heavy atom. The van der Waals surface area contributed by atoms with Crippen LogP contribution in [-0.4, -0.2) is 29.2 Å². The van der Waals surface area contributed by atoms with Crippen LogP contribution in [0.15, 0.2) is 54.6 Å². The maximum atomic E-state index is 5.59. The minimum absolute atomic E-state index is 0. The molecule has 0 amide bonds. The number of ether oxygens (including phenoxy) is 1. The summed E-state index contributed by atoms with van der Waals surface area (Å²) in [4.78, 5) is 9.44. The van der Waals surface area contributed by atoms with Gasteiger partial charge in [-0.3, -0.25) is 0 Å². The summed E-state index contributed by atoms with van der Waals surface area (Å²) in [6, 6.07) is 18.2. The first-order valence-electron chi connectivity index (χ1n) is 8.42. The fraction of sp³-hybridized carbons (Fsp3) is 0.300. The van der Waals surface area contributed by atoms with Crippen molar-refractivity contribution in [1.29, 1.82) is 0 Å². The zero-order valence-corrected chi connectivity index (χ0v) is 15.3. The van der Waals surface area contributed by atoms with Crippen molar-refractivity contribution in [3.63, 3.8) is 0 Å². The second kappa shape index (κ2) is 9.35. The van der Waals surface area contributed by atoms with Crippen LogP contribution in [0, 0.1) is 0 Å². The van der Waals surface area contributed by atoms with E-state index in [1.165, 1.54) is 0 Å². The van der Waals surface area contributed by atoms with Gasteiger partial charge in [0.05, 0.1) is 11.6 Å². The highest BCUT2D eigenvalue weighted by Crippen LogP contribution is 2.24. The molecule has 5 heteroatoms. The molecule has 132 valence electrons. The van der Waals surface area contributed by atoms with Crippen molar-refractivity contribution < 1.29 is 17.1 Å². The van der Waals surface area contributed by atoms with Crippen molar-refractivity contribution in [2.75, 3.05) is 18.5 Å². The summed E-state index contributed by atoms with van der Waals surface area (Å²) in [5, 5.41) is 4.48.